The Morgan fingerprint density at radius 3 is 2.68 bits per heavy atom. The van der Waals surface area contributed by atoms with Gasteiger partial charge in [-0.25, -0.2) is 9.97 Å². The molecule has 3 rings (SSSR count). The van der Waals surface area contributed by atoms with Crippen molar-refractivity contribution in [2.75, 3.05) is 38.2 Å². The molecule has 1 aromatic heterocycles. The third kappa shape index (κ3) is 3.36. The quantitative estimate of drug-likeness (QED) is 0.942. The van der Waals surface area contributed by atoms with Gasteiger partial charge in [0, 0.05) is 30.9 Å². The normalized spacial score (nSPS) is 15.5. The Labute approximate surface area is 131 Å². The number of rotatable bonds is 3. The van der Waals surface area contributed by atoms with Crippen molar-refractivity contribution in [1.29, 1.82) is 0 Å². The highest BCUT2D eigenvalue weighted by Gasteiger charge is 2.14. The Hall–Kier alpha value is -2.14. The van der Waals surface area contributed by atoms with E-state index in [1.165, 1.54) is 0 Å². The van der Waals surface area contributed by atoms with Crippen molar-refractivity contribution in [3.05, 3.63) is 36.0 Å². The summed E-state index contributed by atoms with van der Waals surface area (Å²) in [4.78, 5) is 11.7. The standard InChI is InChI=1S/C17H22N4O/c1-13-12-16(14-4-6-15(22-2)7-5-14)20-17(19-13)21-10-3-8-18-9-11-21/h4-7,12,18H,3,8-11H2,1-2H3. The van der Waals surface area contributed by atoms with Crippen molar-refractivity contribution in [2.45, 2.75) is 13.3 Å². The Bertz CT molecular complexity index is 619. The Morgan fingerprint density at radius 1 is 1.09 bits per heavy atom. The number of aromatic nitrogens is 2. The van der Waals surface area contributed by atoms with E-state index in [0.29, 0.717) is 0 Å². The molecule has 1 aliphatic heterocycles. The van der Waals surface area contributed by atoms with Crippen LogP contribution in [0.5, 0.6) is 5.75 Å². The van der Waals surface area contributed by atoms with Gasteiger partial charge in [0.25, 0.3) is 0 Å². The molecular weight excluding hydrogens is 276 g/mol. The average Bonchev–Trinajstić information content (AvgIpc) is 2.84. The topological polar surface area (TPSA) is 50.3 Å². The van der Waals surface area contributed by atoms with Gasteiger partial charge in [0.05, 0.1) is 12.8 Å². The van der Waals surface area contributed by atoms with Gasteiger partial charge in [0.15, 0.2) is 0 Å². The van der Waals surface area contributed by atoms with Crippen LogP contribution in [-0.2, 0) is 0 Å². The lowest BCUT2D eigenvalue weighted by molar-refractivity contribution is 0.415. The fourth-order valence-corrected chi connectivity index (χ4v) is 2.65. The highest BCUT2D eigenvalue weighted by atomic mass is 16.5. The first-order valence-electron chi connectivity index (χ1n) is 7.72. The zero-order valence-electron chi connectivity index (χ0n) is 13.2. The molecular formula is C17H22N4O. The lowest BCUT2D eigenvalue weighted by Crippen LogP contribution is -2.29. The van der Waals surface area contributed by atoms with Gasteiger partial charge in [0.1, 0.15) is 5.75 Å². The van der Waals surface area contributed by atoms with Crippen molar-refractivity contribution >= 4 is 5.95 Å². The fraction of sp³-hybridized carbons (Fsp3) is 0.412. The van der Waals surface area contributed by atoms with Crippen LogP contribution in [0.2, 0.25) is 0 Å². The molecule has 0 unspecified atom stereocenters. The summed E-state index contributed by atoms with van der Waals surface area (Å²) in [6.07, 6.45) is 1.12. The van der Waals surface area contributed by atoms with Gasteiger partial charge < -0.3 is 15.0 Å². The van der Waals surface area contributed by atoms with Crippen LogP contribution in [0.25, 0.3) is 11.3 Å². The number of ether oxygens (including phenoxy) is 1. The number of aryl methyl sites for hydroxylation is 1. The molecule has 0 amide bonds. The molecule has 1 saturated heterocycles. The van der Waals surface area contributed by atoms with Gasteiger partial charge in [-0.3, -0.25) is 0 Å². The van der Waals surface area contributed by atoms with E-state index in [-0.39, 0.29) is 0 Å². The Balaban J connectivity index is 1.91. The SMILES string of the molecule is COc1ccc(-c2cc(C)nc(N3CCCNCC3)n2)cc1. The maximum absolute atomic E-state index is 5.21. The summed E-state index contributed by atoms with van der Waals surface area (Å²) in [5.74, 6) is 1.68. The molecule has 0 aliphatic carbocycles. The van der Waals surface area contributed by atoms with Crippen molar-refractivity contribution < 1.29 is 4.74 Å². The van der Waals surface area contributed by atoms with Crippen LogP contribution in [0.1, 0.15) is 12.1 Å². The molecule has 2 aromatic rings. The molecule has 5 heteroatoms. The number of nitrogens with one attached hydrogen (secondary N) is 1. The molecule has 2 heterocycles. The number of anilines is 1. The lowest BCUT2D eigenvalue weighted by atomic mass is 10.1. The first-order valence-corrected chi connectivity index (χ1v) is 7.72. The summed E-state index contributed by atoms with van der Waals surface area (Å²) in [6, 6.07) is 10.0. The van der Waals surface area contributed by atoms with Gasteiger partial charge in [-0.1, -0.05) is 0 Å². The van der Waals surface area contributed by atoms with E-state index in [4.69, 9.17) is 9.72 Å². The number of hydrogen-bond donors (Lipinski definition) is 1. The summed E-state index contributed by atoms with van der Waals surface area (Å²) in [6.45, 7) is 6.01. The maximum Gasteiger partial charge on any atom is 0.226 e. The molecule has 0 bridgehead atoms. The summed E-state index contributed by atoms with van der Waals surface area (Å²) >= 11 is 0. The summed E-state index contributed by atoms with van der Waals surface area (Å²) in [5.41, 5.74) is 3.04. The van der Waals surface area contributed by atoms with Crippen molar-refractivity contribution in [1.82, 2.24) is 15.3 Å². The molecule has 0 spiro atoms. The second-order valence-electron chi connectivity index (χ2n) is 5.51. The van der Waals surface area contributed by atoms with Gasteiger partial charge >= 0.3 is 0 Å². The molecule has 1 fully saturated rings. The van der Waals surface area contributed by atoms with Crippen LogP contribution < -0.4 is 15.0 Å². The van der Waals surface area contributed by atoms with E-state index in [1.807, 2.05) is 37.3 Å². The predicted octanol–water partition coefficient (Wildman–Crippen LogP) is 2.26. The highest BCUT2D eigenvalue weighted by Crippen LogP contribution is 2.23. The van der Waals surface area contributed by atoms with E-state index in [2.05, 4.69) is 15.2 Å². The monoisotopic (exact) mass is 298 g/mol. The van der Waals surface area contributed by atoms with E-state index >= 15 is 0 Å². The molecule has 5 nitrogen and oxygen atoms in total. The van der Waals surface area contributed by atoms with E-state index < -0.39 is 0 Å². The largest absolute Gasteiger partial charge is 0.497 e. The highest BCUT2D eigenvalue weighted by molar-refractivity contribution is 5.62. The zero-order chi connectivity index (χ0) is 15.4. The number of nitrogens with zero attached hydrogens (tertiary/aromatic N) is 3. The Morgan fingerprint density at radius 2 is 1.91 bits per heavy atom. The van der Waals surface area contributed by atoms with Gasteiger partial charge in [-0.15, -0.1) is 0 Å². The van der Waals surface area contributed by atoms with Crippen LogP contribution in [-0.4, -0.2) is 43.3 Å². The van der Waals surface area contributed by atoms with Crippen LogP contribution >= 0.6 is 0 Å². The molecule has 1 aromatic carbocycles. The molecule has 0 radical (unpaired) electrons. The molecule has 116 valence electrons. The summed E-state index contributed by atoms with van der Waals surface area (Å²) in [7, 11) is 1.68. The summed E-state index contributed by atoms with van der Waals surface area (Å²) in [5, 5.41) is 3.41. The van der Waals surface area contributed by atoms with Gasteiger partial charge in [-0.05, 0) is 50.2 Å². The van der Waals surface area contributed by atoms with E-state index in [1.54, 1.807) is 7.11 Å². The van der Waals surface area contributed by atoms with Crippen molar-refractivity contribution in [3.63, 3.8) is 0 Å². The molecule has 1 N–H and O–H groups in total. The second-order valence-corrected chi connectivity index (χ2v) is 5.51. The van der Waals surface area contributed by atoms with Gasteiger partial charge in [0.2, 0.25) is 5.95 Å². The minimum atomic E-state index is 0.828. The van der Waals surface area contributed by atoms with Gasteiger partial charge in [-0.2, -0.15) is 0 Å². The van der Waals surface area contributed by atoms with Crippen LogP contribution in [0.4, 0.5) is 5.95 Å². The van der Waals surface area contributed by atoms with Crippen molar-refractivity contribution in [2.24, 2.45) is 0 Å². The van der Waals surface area contributed by atoms with Crippen LogP contribution in [0.15, 0.2) is 30.3 Å². The minimum Gasteiger partial charge on any atom is -0.497 e. The number of methoxy groups -OCH3 is 1. The van der Waals surface area contributed by atoms with Crippen LogP contribution in [0.3, 0.4) is 0 Å². The number of benzene rings is 1. The number of hydrogen-bond acceptors (Lipinski definition) is 5. The third-order valence-electron chi connectivity index (χ3n) is 3.85. The molecule has 0 saturated carbocycles. The van der Waals surface area contributed by atoms with E-state index in [0.717, 1.165) is 61.2 Å². The zero-order valence-corrected chi connectivity index (χ0v) is 13.2. The first-order chi connectivity index (χ1) is 10.8. The molecule has 0 atom stereocenters. The summed E-state index contributed by atoms with van der Waals surface area (Å²) < 4.78 is 5.21. The average molecular weight is 298 g/mol. The second kappa shape index (κ2) is 6.75. The first kappa shape index (κ1) is 14.8. The van der Waals surface area contributed by atoms with Crippen molar-refractivity contribution in [3.8, 4) is 17.0 Å². The van der Waals surface area contributed by atoms with Crippen LogP contribution in [0, 0.1) is 6.92 Å². The molecule has 1 aliphatic rings. The Kier molecular flexibility index (Phi) is 4.53. The lowest BCUT2D eigenvalue weighted by Gasteiger charge is -2.20. The third-order valence-corrected chi connectivity index (χ3v) is 3.85. The smallest absolute Gasteiger partial charge is 0.226 e. The minimum absolute atomic E-state index is 0.828. The fourth-order valence-electron chi connectivity index (χ4n) is 2.65. The predicted molar refractivity (Wildman–Crippen MR) is 88.5 cm³/mol. The van der Waals surface area contributed by atoms with E-state index in [9.17, 15) is 0 Å². The maximum atomic E-state index is 5.21. The molecule has 22 heavy (non-hydrogen) atoms.